The number of aromatic nitrogens is 2. The number of hydrogen-bond donors (Lipinski definition) is 1. The van der Waals surface area contributed by atoms with Gasteiger partial charge in [0.05, 0.1) is 25.8 Å². The standard InChI is InChI=1S/C18H22F3N3O3S/c1-10-7-22-13(12(3)15(10)27-5)8-24(4)14(25)6-17(26,18(19,20)21)16-23-11(2)9-28-16/h7,9,26H,6,8H2,1-5H3. The van der Waals surface area contributed by atoms with Crippen LogP contribution in [0.25, 0.3) is 0 Å². The van der Waals surface area contributed by atoms with Crippen LogP contribution in [0.1, 0.15) is 33.9 Å². The van der Waals surface area contributed by atoms with Gasteiger partial charge in [0.15, 0.2) is 0 Å². The molecule has 1 atom stereocenters. The molecule has 0 bridgehead atoms. The molecule has 0 aliphatic rings. The highest BCUT2D eigenvalue weighted by atomic mass is 32.1. The van der Waals surface area contributed by atoms with Crippen molar-refractivity contribution >= 4 is 17.2 Å². The summed E-state index contributed by atoms with van der Waals surface area (Å²) in [6.45, 7) is 5.07. The number of pyridine rings is 1. The molecule has 1 N–H and O–H groups in total. The quantitative estimate of drug-likeness (QED) is 0.781. The zero-order chi connectivity index (χ0) is 21.3. The lowest BCUT2D eigenvalue weighted by atomic mass is 9.98. The van der Waals surface area contributed by atoms with E-state index in [1.807, 2.05) is 6.92 Å². The fourth-order valence-electron chi connectivity index (χ4n) is 2.74. The van der Waals surface area contributed by atoms with E-state index in [9.17, 15) is 23.1 Å². The molecule has 10 heteroatoms. The third-order valence-corrected chi connectivity index (χ3v) is 5.52. The van der Waals surface area contributed by atoms with Crippen LogP contribution in [0.3, 0.4) is 0 Å². The summed E-state index contributed by atoms with van der Waals surface area (Å²) in [4.78, 5) is 21.6. The zero-order valence-electron chi connectivity index (χ0n) is 16.2. The van der Waals surface area contributed by atoms with E-state index in [1.54, 1.807) is 13.1 Å². The first-order valence-corrected chi connectivity index (χ1v) is 9.23. The molecule has 0 aliphatic heterocycles. The van der Waals surface area contributed by atoms with Crippen LogP contribution in [-0.4, -0.2) is 46.2 Å². The summed E-state index contributed by atoms with van der Waals surface area (Å²) in [5, 5.41) is 11.2. The molecule has 0 saturated heterocycles. The molecule has 1 amide bonds. The van der Waals surface area contributed by atoms with Gasteiger partial charge in [-0.25, -0.2) is 4.98 Å². The van der Waals surface area contributed by atoms with Crippen molar-refractivity contribution in [1.82, 2.24) is 14.9 Å². The summed E-state index contributed by atoms with van der Waals surface area (Å²) in [5.74, 6) is -0.274. The van der Waals surface area contributed by atoms with Gasteiger partial charge in [-0.1, -0.05) is 0 Å². The molecule has 2 aromatic rings. The number of aryl methyl sites for hydroxylation is 2. The highest BCUT2D eigenvalue weighted by Crippen LogP contribution is 2.43. The van der Waals surface area contributed by atoms with Crippen LogP contribution < -0.4 is 4.74 Å². The van der Waals surface area contributed by atoms with Gasteiger partial charge in [0.1, 0.15) is 10.8 Å². The number of rotatable bonds is 6. The van der Waals surface area contributed by atoms with E-state index >= 15 is 0 Å². The Labute approximate surface area is 165 Å². The summed E-state index contributed by atoms with van der Waals surface area (Å²) in [6, 6.07) is 0. The minimum absolute atomic E-state index is 0.0217. The number of carbonyl (C=O) groups is 1. The van der Waals surface area contributed by atoms with Crippen LogP contribution in [0, 0.1) is 20.8 Å². The Morgan fingerprint density at radius 1 is 1.32 bits per heavy atom. The number of halogens is 3. The maximum atomic E-state index is 13.6. The average Bonchev–Trinajstić information content (AvgIpc) is 3.03. The van der Waals surface area contributed by atoms with E-state index in [2.05, 4.69) is 9.97 Å². The number of ether oxygens (including phenoxy) is 1. The Morgan fingerprint density at radius 3 is 2.46 bits per heavy atom. The van der Waals surface area contributed by atoms with Crippen LogP contribution in [0.5, 0.6) is 5.75 Å². The Hall–Kier alpha value is -2.20. The third-order valence-electron chi connectivity index (χ3n) is 4.41. The Balaban J connectivity index is 2.25. The molecule has 154 valence electrons. The fourth-order valence-corrected chi connectivity index (χ4v) is 3.65. The lowest BCUT2D eigenvalue weighted by molar-refractivity contribution is -0.268. The van der Waals surface area contributed by atoms with E-state index in [0.29, 0.717) is 34.0 Å². The lowest BCUT2D eigenvalue weighted by Crippen LogP contribution is -2.46. The smallest absolute Gasteiger partial charge is 0.424 e. The van der Waals surface area contributed by atoms with Crippen molar-refractivity contribution < 1.29 is 27.8 Å². The van der Waals surface area contributed by atoms with Crippen molar-refractivity contribution in [1.29, 1.82) is 0 Å². The van der Waals surface area contributed by atoms with Gasteiger partial charge in [-0.15, -0.1) is 11.3 Å². The second-order valence-corrected chi connectivity index (χ2v) is 7.48. The van der Waals surface area contributed by atoms with Crippen molar-refractivity contribution in [2.75, 3.05) is 14.2 Å². The highest BCUT2D eigenvalue weighted by molar-refractivity contribution is 7.09. The van der Waals surface area contributed by atoms with E-state index < -0.39 is 29.1 Å². The Kier molecular flexibility index (Phi) is 6.34. The SMILES string of the molecule is COc1c(C)cnc(CN(C)C(=O)CC(O)(c2nc(C)cs2)C(F)(F)F)c1C. The van der Waals surface area contributed by atoms with Gasteiger partial charge < -0.3 is 14.7 Å². The number of alkyl halides is 3. The second kappa shape index (κ2) is 8.04. The van der Waals surface area contributed by atoms with Gasteiger partial charge in [0, 0.05) is 35.4 Å². The maximum absolute atomic E-state index is 13.6. The molecule has 28 heavy (non-hydrogen) atoms. The molecule has 2 heterocycles. The van der Waals surface area contributed by atoms with E-state index in [1.165, 1.54) is 26.5 Å². The topological polar surface area (TPSA) is 75.5 Å². The number of thiazole rings is 1. The van der Waals surface area contributed by atoms with Crippen LogP contribution in [0.4, 0.5) is 13.2 Å². The molecule has 2 rings (SSSR count). The van der Waals surface area contributed by atoms with Gasteiger partial charge in [-0.2, -0.15) is 13.2 Å². The largest absolute Gasteiger partial charge is 0.496 e. The number of carbonyl (C=O) groups excluding carboxylic acids is 1. The molecule has 0 saturated carbocycles. The third kappa shape index (κ3) is 4.27. The zero-order valence-corrected chi connectivity index (χ0v) is 17.0. The monoisotopic (exact) mass is 417 g/mol. The first kappa shape index (κ1) is 22.1. The van der Waals surface area contributed by atoms with Crippen LogP contribution >= 0.6 is 11.3 Å². The first-order chi connectivity index (χ1) is 12.9. The number of aliphatic hydroxyl groups is 1. The number of methoxy groups -OCH3 is 1. The van der Waals surface area contributed by atoms with Crippen molar-refractivity contribution in [3.63, 3.8) is 0 Å². The molecule has 0 aromatic carbocycles. The number of hydrogen-bond acceptors (Lipinski definition) is 6. The average molecular weight is 417 g/mol. The minimum atomic E-state index is -5.05. The Bertz CT molecular complexity index is 869. The van der Waals surface area contributed by atoms with E-state index in [-0.39, 0.29) is 6.54 Å². The maximum Gasteiger partial charge on any atom is 0.424 e. The first-order valence-electron chi connectivity index (χ1n) is 8.35. The normalized spacial score (nSPS) is 13.9. The number of amides is 1. The Morgan fingerprint density at radius 2 is 1.96 bits per heavy atom. The molecule has 2 aromatic heterocycles. The predicted octanol–water partition coefficient (Wildman–Crippen LogP) is 3.27. The van der Waals surface area contributed by atoms with Crippen LogP contribution in [-0.2, 0) is 16.9 Å². The van der Waals surface area contributed by atoms with Crippen LogP contribution in [0.2, 0.25) is 0 Å². The molecular weight excluding hydrogens is 395 g/mol. The molecule has 0 fully saturated rings. The molecule has 6 nitrogen and oxygen atoms in total. The molecule has 0 spiro atoms. The molecular formula is C18H22F3N3O3S. The van der Waals surface area contributed by atoms with Crippen molar-refractivity contribution in [3.8, 4) is 5.75 Å². The second-order valence-electron chi connectivity index (χ2n) is 6.62. The van der Waals surface area contributed by atoms with Crippen molar-refractivity contribution in [2.24, 2.45) is 0 Å². The van der Waals surface area contributed by atoms with Gasteiger partial charge >= 0.3 is 6.18 Å². The van der Waals surface area contributed by atoms with E-state index in [4.69, 9.17) is 4.74 Å². The fraction of sp³-hybridized carbons (Fsp3) is 0.500. The van der Waals surface area contributed by atoms with Gasteiger partial charge in [-0.3, -0.25) is 9.78 Å². The van der Waals surface area contributed by atoms with Crippen molar-refractivity contribution in [2.45, 2.75) is 45.5 Å². The molecule has 1 unspecified atom stereocenters. The lowest BCUT2D eigenvalue weighted by Gasteiger charge is -2.30. The summed E-state index contributed by atoms with van der Waals surface area (Å²) >= 11 is 0.669. The summed E-state index contributed by atoms with van der Waals surface area (Å²) in [5.41, 5.74) is -0.994. The van der Waals surface area contributed by atoms with Gasteiger partial charge in [0.25, 0.3) is 0 Å². The summed E-state index contributed by atoms with van der Waals surface area (Å²) in [6.07, 6.45) is -4.64. The van der Waals surface area contributed by atoms with Crippen molar-refractivity contribution in [3.05, 3.63) is 39.1 Å². The highest BCUT2D eigenvalue weighted by Gasteiger charge is 2.58. The van der Waals surface area contributed by atoms with Crippen LogP contribution in [0.15, 0.2) is 11.6 Å². The molecule has 0 aliphatic carbocycles. The summed E-state index contributed by atoms with van der Waals surface area (Å²) < 4.78 is 46.0. The van der Waals surface area contributed by atoms with Gasteiger partial charge in [-0.05, 0) is 20.8 Å². The van der Waals surface area contributed by atoms with E-state index in [0.717, 1.165) is 10.5 Å². The predicted molar refractivity (Wildman–Crippen MR) is 98.2 cm³/mol. The minimum Gasteiger partial charge on any atom is -0.496 e. The summed E-state index contributed by atoms with van der Waals surface area (Å²) in [7, 11) is 2.87. The van der Waals surface area contributed by atoms with Gasteiger partial charge in [0.2, 0.25) is 11.5 Å². The molecule has 0 radical (unpaired) electrons. The number of nitrogens with zero attached hydrogens (tertiary/aromatic N) is 3.